The average Bonchev–Trinajstić information content (AvgIpc) is 2.99. The number of nitrogens with one attached hydrogen (secondary N) is 1. The number of hydrogen-bond acceptors (Lipinski definition) is 6. The van der Waals surface area contributed by atoms with Gasteiger partial charge in [-0.25, -0.2) is 8.78 Å². The third-order valence-electron chi connectivity index (χ3n) is 3.94. The monoisotopic (exact) mass is 383 g/mol. The summed E-state index contributed by atoms with van der Waals surface area (Å²) in [5, 5.41) is 11.0. The highest BCUT2D eigenvalue weighted by Crippen LogP contribution is 2.25. The van der Waals surface area contributed by atoms with Gasteiger partial charge in [-0.2, -0.15) is 0 Å². The summed E-state index contributed by atoms with van der Waals surface area (Å²) >= 11 is 1.24. The van der Waals surface area contributed by atoms with Crippen molar-refractivity contribution in [2.45, 2.75) is 17.3 Å². The number of aromatic nitrogens is 3. The molecule has 1 atom stereocenters. The van der Waals surface area contributed by atoms with Crippen molar-refractivity contribution in [3.05, 3.63) is 29.8 Å². The number of benzene rings is 1. The molecule has 1 aliphatic rings. The van der Waals surface area contributed by atoms with E-state index in [2.05, 4.69) is 20.4 Å². The van der Waals surface area contributed by atoms with E-state index in [-0.39, 0.29) is 11.6 Å². The summed E-state index contributed by atoms with van der Waals surface area (Å²) in [6, 6.07) is 3.23. The number of thioether (sulfide) groups is 1. The van der Waals surface area contributed by atoms with Crippen LogP contribution in [0.3, 0.4) is 0 Å². The van der Waals surface area contributed by atoms with Crippen molar-refractivity contribution in [1.29, 1.82) is 0 Å². The SMILES string of the molecule is CC(Sc1nnc(N2CCOCC2)n1C)C(=O)Nc1ccc(F)c(F)c1. The lowest BCUT2D eigenvalue weighted by Crippen LogP contribution is -2.37. The largest absolute Gasteiger partial charge is 0.378 e. The molecule has 0 radical (unpaired) electrons. The maximum absolute atomic E-state index is 13.2. The molecule has 1 N–H and O–H groups in total. The molecule has 0 aliphatic carbocycles. The number of carbonyl (C=O) groups excluding carboxylic acids is 1. The molecule has 1 saturated heterocycles. The highest BCUT2D eigenvalue weighted by molar-refractivity contribution is 8.00. The van der Waals surface area contributed by atoms with Crippen LogP contribution in [-0.2, 0) is 16.6 Å². The van der Waals surface area contributed by atoms with Gasteiger partial charge in [0.1, 0.15) is 0 Å². The molecule has 10 heteroatoms. The molecule has 3 rings (SSSR count). The van der Waals surface area contributed by atoms with Crippen molar-refractivity contribution in [2.75, 3.05) is 36.5 Å². The molecule has 0 saturated carbocycles. The predicted molar refractivity (Wildman–Crippen MR) is 94.3 cm³/mol. The van der Waals surface area contributed by atoms with Crippen LogP contribution in [0.2, 0.25) is 0 Å². The van der Waals surface area contributed by atoms with Crippen LogP contribution in [0.4, 0.5) is 20.4 Å². The molecule has 2 heterocycles. The normalized spacial score (nSPS) is 15.8. The van der Waals surface area contributed by atoms with E-state index in [1.165, 1.54) is 17.8 Å². The highest BCUT2D eigenvalue weighted by atomic mass is 32.2. The van der Waals surface area contributed by atoms with Crippen molar-refractivity contribution in [2.24, 2.45) is 7.05 Å². The first kappa shape index (κ1) is 18.6. The van der Waals surface area contributed by atoms with E-state index in [4.69, 9.17) is 4.74 Å². The van der Waals surface area contributed by atoms with Crippen LogP contribution in [-0.4, -0.2) is 52.2 Å². The van der Waals surface area contributed by atoms with Gasteiger partial charge in [-0.15, -0.1) is 10.2 Å². The van der Waals surface area contributed by atoms with Crippen LogP contribution < -0.4 is 10.2 Å². The lowest BCUT2D eigenvalue weighted by Gasteiger charge is -2.27. The Labute approximate surface area is 153 Å². The second-order valence-corrected chi connectivity index (χ2v) is 7.13. The zero-order valence-corrected chi connectivity index (χ0v) is 15.2. The van der Waals surface area contributed by atoms with Crippen molar-refractivity contribution >= 4 is 29.3 Å². The van der Waals surface area contributed by atoms with E-state index in [0.29, 0.717) is 18.4 Å². The summed E-state index contributed by atoms with van der Waals surface area (Å²) in [7, 11) is 1.84. The number of ether oxygens (including phenoxy) is 1. The smallest absolute Gasteiger partial charge is 0.237 e. The predicted octanol–water partition coefficient (Wildman–Crippen LogP) is 2.05. The molecule has 2 aromatic rings. The van der Waals surface area contributed by atoms with Gasteiger partial charge in [0.2, 0.25) is 11.9 Å². The van der Waals surface area contributed by atoms with E-state index in [9.17, 15) is 13.6 Å². The van der Waals surface area contributed by atoms with Crippen LogP contribution in [0.25, 0.3) is 0 Å². The number of nitrogens with zero attached hydrogens (tertiary/aromatic N) is 4. The molecule has 7 nitrogen and oxygen atoms in total. The minimum Gasteiger partial charge on any atom is -0.378 e. The van der Waals surface area contributed by atoms with Crippen LogP contribution in [0, 0.1) is 11.6 Å². The zero-order valence-electron chi connectivity index (χ0n) is 14.4. The second kappa shape index (κ2) is 8.00. The van der Waals surface area contributed by atoms with Gasteiger partial charge < -0.3 is 15.0 Å². The molecule has 1 aromatic carbocycles. The molecular formula is C16H19F2N5O2S. The number of amides is 1. The first-order chi connectivity index (χ1) is 12.5. The third kappa shape index (κ3) is 4.13. The number of carbonyl (C=O) groups is 1. The Morgan fingerprint density at radius 2 is 2.00 bits per heavy atom. The summed E-state index contributed by atoms with van der Waals surface area (Å²) in [5.74, 6) is -1.58. The minimum absolute atomic E-state index is 0.202. The van der Waals surface area contributed by atoms with Gasteiger partial charge in [0.05, 0.1) is 18.5 Å². The van der Waals surface area contributed by atoms with Crippen molar-refractivity contribution in [3.63, 3.8) is 0 Å². The summed E-state index contributed by atoms with van der Waals surface area (Å²) in [6.45, 7) is 4.47. The van der Waals surface area contributed by atoms with Gasteiger partial charge in [0, 0.05) is 31.9 Å². The van der Waals surface area contributed by atoms with Gasteiger partial charge in [-0.1, -0.05) is 11.8 Å². The molecule has 1 aliphatic heterocycles. The summed E-state index contributed by atoms with van der Waals surface area (Å²) in [4.78, 5) is 14.4. The fraction of sp³-hybridized carbons (Fsp3) is 0.438. The number of halogens is 2. The van der Waals surface area contributed by atoms with Crippen molar-refractivity contribution in [1.82, 2.24) is 14.8 Å². The van der Waals surface area contributed by atoms with E-state index in [1.807, 2.05) is 11.6 Å². The summed E-state index contributed by atoms with van der Waals surface area (Å²) in [5.41, 5.74) is 0.202. The Hall–Kier alpha value is -2.20. The Morgan fingerprint density at radius 1 is 1.27 bits per heavy atom. The minimum atomic E-state index is -1.01. The van der Waals surface area contributed by atoms with E-state index >= 15 is 0 Å². The first-order valence-electron chi connectivity index (χ1n) is 8.10. The maximum atomic E-state index is 13.2. The van der Waals surface area contributed by atoms with Crippen LogP contribution in [0.5, 0.6) is 0 Å². The lowest BCUT2D eigenvalue weighted by atomic mass is 10.3. The van der Waals surface area contributed by atoms with E-state index in [0.717, 1.165) is 31.2 Å². The fourth-order valence-corrected chi connectivity index (χ4v) is 3.29. The van der Waals surface area contributed by atoms with Gasteiger partial charge in [-0.3, -0.25) is 9.36 Å². The molecule has 26 heavy (non-hydrogen) atoms. The van der Waals surface area contributed by atoms with Crippen LogP contribution in [0.1, 0.15) is 6.92 Å². The molecule has 140 valence electrons. The standard InChI is InChI=1S/C16H19F2N5O2S/c1-10(14(24)19-11-3-4-12(17)13(18)9-11)26-16-21-20-15(22(16)2)23-5-7-25-8-6-23/h3-4,9-10H,5-8H2,1-2H3,(H,19,24). The number of anilines is 2. The third-order valence-corrected chi connectivity index (χ3v) is 5.08. The molecule has 0 bridgehead atoms. The Morgan fingerprint density at radius 3 is 2.69 bits per heavy atom. The topological polar surface area (TPSA) is 72.3 Å². The van der Waals surface area contributed by atoms with Crippen LogP contribution in [0.15, 0.2) is 23.4 Å². The molecule has 1 amide bonds. The Balaban J connectivity index is 1.63. The first-order valence-corrected chi connectivity index (χ1v) is 8.98. The summed E-state index contributed by atoms with van der Waals surface area (Å²) in [6.07, 6.45) is 0. The Kier molecular flexibility index (Phi) is 5.72. The quantitative estimate of drug-likeness (QED) is 0.797. The number of hydrogen-bond donors (Lipinski definition) is 1. The number of morpholine rings is 1. The second-order valence-electron chi connectivity index (χ2n) is 5.82. The van der Waals surface area contributed by atoms with Crippen molar-refractivity contribution < 1.29 is 18.3 Å². The average molecular weight is 383 g/mol. The fourth-order valence-electron chi connectivity index (χ4n) is 2.48. The van der Waals surface area contributed by atoms with E-state index < -0.39 is 16.9 Å². The van der Waals surface area contributed by atoms with Crippen molar-refractivity contribution in [3.8, 4) is 0 Å². The van der Waals surface area contributed by atoms with Crippen LogP contribution >= 0.6 is 11.8 Å². The number of rotatable bonds is 5. The summed E-state index contributed by atoms with van der Waals surface area (Å²) < 4.78 is 33.4. The zero-order chi connectivity index (χ0) is 18.7. The van der Waals surface area contributed by atoms with Gasteiger partial charge in [0.25, 0.3) is 0 Å². The molecule has 1 aromatic heterocycles. The molecular weight excluding hydrogens is 364 g/mol. The molecule has 1 fully saturated rings. The molecule has 0 spiro atoms. The Bertz CT molecular complexity index is 795. The van der Waals surface area contributed by atoms with E-state index in [1.54, 1.807) is 6.92 Å². The van der Waals surface area contributed by atoms with Gasteiger partial charge in [0.15, 0.2) is 16.8 Å². The lowest BCUT2D eigenvalue weighted by molar-refractivity contribution is -0.115. The highest BCUT2D eigenvalue weighted by Gasteiger charge is 2.22. The molecule has 1 unspecified atom stereocenters. The van der Waals surface area contributed by atoms with Gasteiger partial charge >= 0.3 is 0 Å². The maximum Gasteiger partial charge on any atom is 0.237 e. The van der Waals surface area contributed by atoms with Gasteiger partial charge in [-0.05, 0) is 19.1 Å².